The van der Waals surface area contributed by atoms with E-state index < -0.39 is 0 Å². The van der Waals surface area contributed by atoms with E-state index >= 15 is 0 Å². The minimum absolute atomic E-state index is 0.114. The van der Waals surface area contributed by atoms with Crippen molar-refractivity contribution in [2.45, 2.75) is 0 Å². The Labute approximate surface area is 127 Å². The van der Waals surface area contributed by atoms with E-state index in [-0.39, 0.29) is 30.7 Å². The fourth-order valence-electron chi connectivity index (χ4n) is 2.78. The smallest absolute Gasteiger partial charge is 0.277 e. The molecule has 2 heterocycles. The number of para-hydroxylation sites is 1. The number of aliphatic hydroxyl groups excluding tert-OH is 1. The van der Waals surface area contributed by atoms with Gasteiger partial charge in [-0.05, 0) is 6.07 Å². The predicted octanol–water partition coefficient (Wildman–Crippen LogP) is 0.470. The quantitative estimate of drug-likeness (QED) is 0.805. The molecule has 6 heteroatoms. The van der Waals surface area contributed by atoms with E-state index in [0.29, 0.717) is 5.57 Å². The molecule has 0 radical (unpaired) electrons. The highest BCUT2D eigenvalue weighted by molar-refractivity contribution is 6.36. The third-order valence-electron chi connectivity index (χ3n) is 3.87. The van der Waals surface area contributed by atoms with Crippen molar-refractivity contribution in [3.8, 4) is 0 Å². The number of imide groups is 1. The predicted molar refractivity (Wildman–Crippen MR) is 82.7 cm³/mol. The highest BCUT2D eigenvalue weighted by Crippen LogP contribution is 2.33. The number of carbonyl (C=O) groups excluding carboxylic acids is 2. The Hall–Kier alpha value is -2.60. The number of likely N-dealkylation sites (N-methyl/N-ethyl adjacent to an activating group) is 1. The zero-order valence-corrected chi connectivity index (χ0v) is 12.5. The SMILES string of the molecule is CN1C(=O)C(NCCO)=C(c2cn(C)c3ccccc23)C1=O. The number of carbonyl (C=O) groups is 2. The molecule has 2 aromatic rings. The Morgan fingerprint density at radius 1 is 1.14 bits per heavy atom. The summed E-state index contributed by atoms with van der Waals surface area (Å²) >= 11 is 0. The van der Waals surface area contributed by atoms with Crippen LogP contribution in [-0.2, 0) is 16.6 Å². The van der Waals surface area contributed by atoms with E-state index in [0.717, 1.165) is 21.4 Å². The van der Waals surface area contributed by atoms with Crippen molar-refractivity contribution in [3.63, 3.8) is 0 Å². The van der Waals surface area contributed by atoms with Gasteiger partial charge in [0.05, 0.1) is 12.2 Å². The first-order valence-electron chi connectivity index (χ1n) is 7.02. The lowest BCUT2D eigenvalue weighted by Gasteiger charge is -2.06. The third kappa shape index (κ3) is 2.00. The molecular weight excluding hydrogens is 282 g/mol. The number of aliphatic hydroxyl groups is 1. The highest BCUT2D eigenvalue weighted by Gasteiger charge is 2.37. The van der Waals surface area contributed by atoms with Crippen LogP contribution in [0.25, 0.3) is 16.5 Å². The number of aryl methyl sites for hydroxylation is 1. The van der Waals surface area contributed by atoms with Gasteiger partial charge in [0.2, 0.25) is 0 Å². The molecule has 0 spiro atoms. The number of rotatable bonds is 4. The van der Waals surface area contributed by atoms with Gasteiger partial charge in [0, 0.05) is 43.3 Å². The van der Waals surface area contributed by atoms with Crippen molar-refractivity contribution in [1.82, 2.24) is 14.8 Å². The summed E-state index contributed by atoms with van der Waals surface area (Å²) in [7, 11) is 3.36. The largest absolute Gasteiger partial charge is 0.395 e. The van der Waals surface area contributed by atoms with E-state index in [2.05, 4.69) is 5.32 Å². The fourth-order valence-corrected chi connectivity index (χ4v) is 2.78. The molecule has 2 amide bonds. The minimum atomic E-state index is -0.374. The molecule has 3 rings (SSSR count). The summed E-state index contributed by atoms with van der Waals surface area (Å²) in [6, 6.07) is 7.72. The van der Waals surface area contributed by atoms with Crippen LogP contribution in [0.1, 0.15) is 5.56 Å². The van der Waals surface area contributed by atoms with Crippen LogP contribution in [0.5, 0.6) is 0 Å². The zero-order valence-electron chi connectivity index (χ0n) is 12.5. The summed E-state index contributed by atoms with van der Waals surface area (Å²) in [5.74, 6) is -0.705. The van der Waals surface area contributed by atoms with E-state index in [4.69, 9.17) is 5.11 Å². The van der Waals surface area contributed by atoms with E-state index in [1.807, 2.05) is 42.1 Å². The molecule has 0 unspecified atom stereocenters. The molecule has 0 bridgehead atoms. The maximum Gasteiger partial charge on any atom is 0.277 e. The maximum atomic E-state index is 12.5. The lowest BCUT2D eigenvalue weighted by Crippen LogP contribution is -2.30. The molecule has 114 valence electrons. The molecule has 6 nitrogen and oxygen atoms in total. The Kier molecular flexibility index (Phi) is 3.46. The van der Waals surface area contributed by atoms with Crippen LogP contribution in [0.2, 0.25) is 0 Å². The number of nitrogens with one attached hydrogen (secondary N) is 1. The van der Waals surface area contributed by atoms with Gasteiger partial charge in [-0.3, -0.25) is 14.5 Å². The number of amides is 2. The zero-order chi connectivity index (χ0) is 15.9. The summed E-state index contributed by atoms with van der Waals surface area (Å²) < 4.78 is 1.93. The van der Waals surface area contributed by atoms with Crippen LogP contribution in [0.3, 0.4) is 0 Å². The lowest BCUT2D eigenvalue weighted by atomic mass is 10.0. The highest BCUT2D eigenvalue weighted by atomic mass is 16.3. The topological polar surface area (TPSA) is 74.6 Å². The van der Waals surface area contributed by atoms with Crippen molar-refractivity contribution in [1.29, 1.82) is 0 Å². The van der Waals surface area contributed by atoms with Crippen LogP contribution >= 0.6 is 0 Å². The van der Waals surface area contributed by atoms with Crippen LogP contribution in [0.4, 0.5) is 0 Å². The number of benzene rings is 1. The van der Waals surface area contributed by atoms with Gasteiger partial charge >= 0.3 is 0 Å². The standard InChI is InChI=1S/C16H17N3O3/c1-18-9-11(10-5-3-4-6-12(10)18)13-14(17-7-8-20)16(22)19(2)15(13)21/h3-6,9,17,20H,7-8H2,1-2H3. The number of aromatic nitrogens is 1. The Morgan fingerprint density at radius 2 is 1.86 bits per heavy atom. The van der Waals surface area contributed by atoms with Gasteiger partial charge in [-0.2, -0.15) is 0 Å². The van der Waals surface area contributed by atoms with Crippen LogP contribution in [0, 0.1) is 0 Å². The molecule has 1 aliphatic rings. The van der Waals surface area contributed by atoms with Gasteiger partial charge in [0.25, 0.3) is 11.8 Å². The molecule has 22 heavy (non-hydrogen) atoms. The molecule has 1 aromatic heterocycles. The minimum Gasteiger partial charge on any atom is -0.395 e. The Morgan fingerprint density at radius 3 is 2.59 bits per heavy atom. The normalized spacial score (nSPS) is 15.3. The molecule has 0 saturated carbocycles. The van der Waals surface area contributed by atoms with Crippen LogP contribution in [-0.4, -0.2) is 46.6 Å². The molecule has 2 N–H and O–H groups in total. The number of hydrogen-bond donors (Lipinski definition) is 2. The molecule has 0 aliphatic carbocycles. The summed E-state index contributed by atoms with van der Waals surface area (Å²) in [5, 5.41) is 12.8. The third-order valence-corrected chi connectivity index (χ3v) is 3.87. The maximum absolute atomic E-state index is 12.5. The number of nitrogens with zero attached hydrogens (tertiary/aromatic N) is 2. The van der Waals surface area contributed by atoms with Gasteiger partial charge in [-0.1, -0.05) is 18.2 Å². The lowest BCUT2D eigenvalue weighted by molar-refractivity contribution is -0.135. The van der Waals surface area contributed by atoms with Crippen molar-refractivity contribution in [2.75, 3.05) is 20.2 Å². The van der Waals surface area contributed by atoms with Gasteiger partial charge in [-0.25, -0.2) is 0 Å². The molecule has 1 aromatic carbocycles. The first-order chi connectivity index (χ1) is 10.6. The van der Waals surface area contributed by atoms with E-state index in [1.54, 1.807) is 0 Å². The monoisotopic (exact) mass is 299 g/mol. The molecule has 0 saturated heterocycles. The van der Waals surface area contributed by atoms with Crippen molar-refractivity contribution in [2.24, 2.45) is 7.05 Å². The van der Waals surface area contributed by atoms with Gasteiger partial charge in [0.15, 0.2) is 0 Å². The molecule has 0 fully saturated rings. The second-order valence-corrected chi connectivity index (χ2v) is 5.24. The Bertz CT molecular complexity index is 804. The summed E-state index contributed by atoms with van der Waals surface area (Å²) in [4.78, 5) is 25.8. The molecule has 0 atom stereocenters. The van der Waals surface area contributed by atoms with Crippen molar-refractivity contribution >= 4 is 28.3 Å². The van der Waals surface area contributed by atoms with E-state index in [9.17, 15) is 9.59 Å². The average Bonchev–Trinajstić information content (AvgIpc) is 2.96. The first kappa shape index (κ1) is 14.3. The van der Waals surface area contributed by atoms with E-state index in [1.165, 1.54) is 7.05 Å². The van der Waals surface area contributed by atoms with Crippen LogP contribution < -0.4 is 5.32 Å². The molecule has 1 aliphatic heterocycles. The van der Waals surface area contributed by atoms with Gasteiger partial charge in [0.1, 0.15) is 5.70 Å². The van der Waals surface area contributed by atoms with Crippen LogP contribution in [0.15, 0.2) is 36.2 Å². The fraction of sp³-hybridized carbons (Fsp3) is 0.250. The second kappa shape index (κ2) is 5.31. The summed E-state index contributed by atoms with van der Waals surface area (Å²) in [5.41, 5.74) is 2.32. The van der Waals surface area contributed by atoms with Gasteiger partial charge in [-0.15, -0.1) is 0 Å². The van der Waals surface area contributed by atoms with Gasteiger partial charge < -0.3 is 15.0 Å². The first-order valence-corrected chi connectivity index (χ1v) is 7.02. The number of hydrogen-bond acceptors (Lipinski definition) is 4. The molecular formula is C16H17N3O3. The summed E-state index contributed by atoms with van der Waals surface area (Å²) in [6.07, 6.45) is 1.85. The Balaban J connectivity index is 2.23. The average molecular weight is 299 g/mol. The number of fused-ring (bicyclic) bond motifs is 1. The van der Waals surface area contributed by atoms with Crippen molar-refractivity contribution in [3.05, 3.63) is 41.7 Å². The summed E-state index contributed by atoms with van der Waals surface area (Å²) in [6.45, 7) is 0.105. The van der Waals surface area contributed by atoms with Crippen molar-refractivity contribution < 1.29 is 14.7 Å². The second-order valence-electron chi connectivity index (χ2n) is 5.24.